The Hall–Kier alpha value is -2.21. The zero-order chi connectivity index (χ0) is 16.1. The monoisotopic (exact) mass is 312 g/mol. The molecule has 6 heteroatoms. The van der Waals surface area contributed by atoms with Crippen LogP contribution in [-0.4, -0.2) is 52.6 Å². The standard InChI is InChI=1S/C17H24N6/c1-3-18-17-10-15(20-12-21-17)13-4-5-16(19-11-13)22-14-6-8-23(2)9-7-14/h4-5,10-12,14H,3,6-9H2,1-2H3,(H,19,22)(H,18,20,21). The number of hydrogen-bond donors (Lipinski definition) is 2. The quantitative estimate of drug-likeness (QED) is 0.884. The molecule has 122 valence electrons. The van der Waals surface area contributed by atoms with E-state index in [0.29, 0.717) is 6.04 Å². The predicted molar refractivity (Wildman–Crippen MR) is 93.6 cm³/mol. The molecule has 0 bridgehead atoms. The Bertz CT molecular complexity index is 619. The van der Waals surface area contributed by atoms with Crippen LogP contribution in [0.4, 0.5) is 11.6 Å². The molecule has 0 amide bonds. The van der Waals surface area contributed by atoms with Gasteiger partial charge in [-0.3, -0.25) is 0 Å². The summed E-state index contributed by atoms with van der Waals surface area (Å²) in [6, 6.07) is 6.55. The van der Waals surface area contributed by atoms with Gasteiger partial charge in [-0.15, -0.1) is 0 Å². The zero-order valence-corrected chi connectivity index (χ0v) is 13.8. The SMILES string of the molecule is CCNc1cc(-c2ccc(NC3CCN(C)CC3)nc2)ncn1. The van der Waals surface area contributed by atoms with Gasteiger partial charge >= 0.3 is 0 Å². The van der Waals surface area contributed by atoms with Crippen LogP contribution >= 0.6 is 0 Å². The molecule has 0 atom stereocenters. The zero-order valence-electron chi connectivity index (χ0n) is 13.8. The number of nitrogens with one attached hydrogen (secondary N) is 2. The lowest BCUT2D eigenvalue weighted by Crippen LogP contribution is -2.36. The van der Waals surface area contributed by atoms with E-state index in [1.165, 1.54) is 0 Å². The number of pyridine rings is 1. The maximum atomic E-state index is 4.54. The molecule has 2 aromatic heterocycles. The molecule has 0 saturated carbocycles. The van der Waals surface area contributed by atoms with Gasteiger partial charge in [0.25, 0.3) is 0 Å². The molecule has 1 aliphatic heterocycles. The highest BCUT2D eigenvalue weighted by molar-refractivity contribution is 5.62. The molecule has 1 aliphatic rings. The number of nitrogens with zero attached hydrogens (tertiary/aromatic N) is 4. The molecule has 0 spiro atoms. The van der Waals surface area contributed by atoms with E-state index in [9.17, 15) is 0 Å². The van der Waals surface area contributed by atoms with E-state index >= 15 is 0 Å². The van der Waals surface area contributed by atoms with E-state index in [4.69, 9.17) is 0 Å². The topological polar surface area (TPSA) is 66.0 Å². The minimum Gasteiger partial charge on any atom is -0.370 e. The van der Waals surface area contributed by atoms with E-state index in [0.717, 1.165) is 55.4 Å². The van der Waals surface area contributed by atoms with E-state index in [1.807, 2.05) is 25.3 Å². The normalized spacial score (nSPS) is 16.3. The minimum atomic E-state index is 0.518. The first kappa shape index (κ1) is 15.7. The molecular weight excluding hydrogens is 288 g/mol. The molecular formula is C17H24N6. The van der Waals surface area contributed by atoms with E-state index in [1.54, 1.807) is 6.33 Å². The second kappa shape index (κ2) is 7.37. The van der Waals surface area contributed by atoms with Gasteiger partial charge in [-0.05, 0) is 52.0 Å². The summed E-state index contributed by atoms with van der Waals surface area (Å²) in [7, 11) is 2.17. The van der Waals surface area contributed by atoms with Gasteiger partial charge in [0.2, 0.25) is 0 Å². The number of likely N-dealkylation sites (tertiary alicyclic amines) is 1. The molecule has 0 unspecified atom stereocenters. The fraction of sp³-hybridized carbons (Fsp3) is 0.471. The van der Waals surface area contributed by atoms with Crippen LogP contribution in [0.5, 0.6) is 0 Å². The highest BCUT2D eigenvalue weighted by Gasteiger charge is 2.16. The van der Waals surface area contributed by atoms with Crippen LogP contribution < -0.4 is 10.6 Å². The fourth-order valence-electron chi connectivity index (χ4n) is 2.79. The second-order valence-electron chi connectivity index (χ2n) is 5.97. The first-order valence-corrected chi connectivity index (χ1v) is 8.22. The van der Waals surface area contributed by atoms with Crippen molar-refractivity contribution in [3.63, 3.8) is 0 Å². The molecule has 0 aromatic carbocycles. The molecule has 0 radical (unpaired) electrons. The van der Waals surface area contributed by atoms with Gasteiger partial charge in [-0.25, -0.2) is 15.0 Å². The highest BCUT2D eigenvalue weighted by atomic mass is 15.1. The Labute approximate surface area is 137 Å². The average molecular weight is 312 g/mol. The van der Waals surface area contributed by atoms with Crippen LogP contribution in [0.15, 0.2) is 30.7 Å². The average Bonchev–Trinajstić information content (AvgIpc) is 2.58. The van der Waals surface area contributed by atoms with Crippen molar-refractivity contribution in [3.05, 3.63) is 30.7 Å². The lowest BCUT2D eigenvalue weighted by Gasteiger charge is -2.29. The van der Waals surface area contributed by atoms with Gasteiger partial charge in [-0.1, -0.05) is 0 Å². The van der Waals surface area contributed by atoms with Crippen LogP contribution in [0.3, 0.4) is 0 Å². The summed E-state index contributed by atoms with van der Waals surface area (Å²) in [5.41, 5.74) is 1.88. The van der Waals surface area contributed by atoms with E-state index < -0.39 is 0 Å². The highest BCUT2D eigenvalue weighted by Crippen LogP contribution is 2.20. The third-order valence-corrected chi connectivity index (χ3v) is 4.15. The first-order chi connectivity index (χ1) is 11.2. The molecule has 2 N–H and O–H groups in total. The van der Waals surface area contributed by atoms with Gasteiger partial charge in [0.1, 0.15) is 18.0 Å². The Morgan fingerprint density at radius 3 is 2.65 bits per heavy atom. The van der Waals surface area contributed by atoms with E-state index in [2.05, 4.69) is 43.6 Å². The number of anilines is 2. The summed E-state index contributed by atoms with van der Waals surface area (Å²) in [5.74, 6) is 1.77. The molecule has 1 fully saturated rings. The molecule has 3 heterocycles. The Morgan fingerprint density at radius 1 is 1.13 bits per heavy atom. The Morgan fingerprint density at radius 2 is 1.96 bits per heavy atom. The van der Waals surface area contributed by atoms with Crippen molar-refractivity contribution in [3.8, 4) is 11.3 Å². The Balaban J connectivity index is 1.66. The van der Waals surface area contributed by atoms with Crippen molar-refractivity contribution in [2.24, 2.45) is 0 Å². The third-order valence-electron chi connectivity index (χ3n) is 4.15. The third kappa shape index (κ3) is 4.16. The number of hydrogen-bond acceptors (Lipinski definition) is 6. The molecule has 23 heavy (non-hydrogen) atoms. The summed E-state index contributed by atoms with van der Waals surface area (Å²) < 4.78 is 0. The smallest absolute Gasteiger partial charge is 0.129 e. The summed E-state index contributed by atoms with van der Waals surface area (Å²) in [6.45, 7) is 5.18. The lowest BCUT2D eigenvalue weighted by molar-refractivity contribution is 0.263. The van der Waals surface area contributed by atoms with Crippen LogP contribution in [0, 0.1) is 0 Å². The van der Waals surface area contributed by atoms with Gasteiger partial charge < -0.3 is 15.5 Å². The molecule has 2 aromatic rings. The largest absolute Gasteiger partial charge is 0.370 e. The van der Waals surface area contributed by atoms with Gasteiger partial charge in [-0.2, -0.15) is 0 Å². The van der Waals surface area contributed by atoms with Gasteiger partial charge in [0.15, 0.2) is 0 Å². The molecule has 1 saturated heterocycles. The van der Waals surface area contributed by atoms with Gasteiger partial charge in [0, 0.05) is 30.4 Å². The van der Waals surface area contributed by atoms with Crippen LogP contribution in [-0.2, 0) is 0 Å². The van der Waals surface area contributed by atoms with E-state index in [-0.39, 0.29) is 0 Å². The summed E-state index contributed by atoms with van der Waals surface area (Å²) in [5, 5.41) is 6.73. The summed E-state index contributed by atoms with van der Waals surface area (Å²) in [4.78, 5) is 15.4. The van der Waals surface area contributed by atoms with Crippen molar-refractivity contribution in [2.75, 3.05) is 37.3 Å². The molecule has 6 nitrogen and oxygen atoms in total. The Kier molecular flexibility index (Phi) is 5.02. The van der Waals surface area contributed by atoms with Crippen LogP contribution in [0.1, 0.15) is 19.8 Å². The van der Waals surface area contributed by atoms with Crippen molar-refractivity contribution >= 4 is 11.6 Å². The van der Waals surface area contributed by atoms with Crippen molar-refractivity contribution in [1.29, 1.82) is 0 Å². The van der Waals surface area contributed by atoms with Crippen molar-refractivity contribution < 1.29 is 0 Å². The number of aromatic nitrogens is 3. The maximum absolute atomic E-state index is 4.54. The predicted octanol–water partition coefficient (Wildman–Crippen LogP) is 2.48. The second-order valence-corrected chi connectivity index (χ2v) is 5.97. The summed E-state index contributed by atoms with van der Waals surface area (Å²) >= 11 is 0. The van der Waals surface area contributed by atoms with Crippen LogP contribution in [0.25, 0.3) is 11.3 Å². The van der Waals surface area contributed by atoms with Crippen molar-refractivity contribution in [1.82, 2.24) is 19.9 Å². The fourth-order valence-corrected chi connectivity index (χ4v) is 2.79. The maximum Gasteiger partial charge on any atom is 0.129 e. The first-order valence-electron chi connectivity index (χ1n) is 8.22. The molecule has 3 rings (SSSR count). The number of rotatable bonds is 5. The molecule has 0 aliphatic carbocycles. The van der Waals surface area contributed by atoms with Crippen molar-refractivity contribution in [2.45, 2.75) is 25.8 Å². The van der Waals surface area contributed by atoms with Gasteiger partial charge in [0.05, 0.1) is 5.69 Å². The minimum absolute atomic E-state index is 0.518. The lowest BCUT2D eigenvalue weighted by atomic mass is 10.1. The van der Waals surface area contributed by atoms with Crippen LogP contribution in [0.2, 0.25) is 0 Å². The summed E-state index contributed by atoms with van der Waals surface area (Å²) in [6.07, 6.45) is 5.78. The number of piperidine rings is 1.